The van der Waals surface area contributed by atoms with Crippen molar-refractivity contribution in [3.05, 3.63) is 106 Å². The molecular formula is C36H37FN6O3. The summed E-state index contributed by atoms with van der Waals surface area (Å²) in [6.45, 7) is 1.64. The fraction of sp³-hybridized carbons (Fsp3) is 0.333. The van der Waals surface area contributed by atoms with Gasteiger partial charge >= 0.3 is 0 Å². The molecule has 0 aliphatic heterocycles. The summed E-state index contributed by atoms with van der Waals surface area (Å²) >= 11 is 0. The van der Waals surface area contributed by atoms with Gasteiger partial charge in [0.2, 0.25) is 0 Å². The second kappa shape index (κ2) is 13.3. The number of amides is 1. The van der Waals surface area contributed by atoms with Crippen LogP contribution in [0.4, 0.5) is 4.39 Å². The Bertz CT molecular complexity index is 2030. The van der Waals surface area contributed by atoms with Crippen molar-refractivity contribution in [3.63, 3.8) is 0 Å². The zero-order valence-electron chi connectivity index (χ0n) is 26.2. The molecule has 6 rings (SSSR count). The number of nitrogens with zero attached hydrogens (tertiary/aromatic N) is 5. The van der Waals surface area contributed by atoms with Crippen LogP contribution in [-0.2, 0) is 0 Å². The number of halogens is 1. The molecule has 9 nitrogen and oxygen atoms in total. The molecular weight excluding hydrogens is 583 g/mol. The van der Waals surface area contributed by atoms with Crippen LogP contribution < -0.4 is 10.9 Å². The Kier molecular flexibility index (Phi) is 8.97. The van der Waals surface area contributed by atoms with Crippen LogP contribution in [0.2, 0.25) is 0 Å². The molecule has 5 aromatic rings. The van der Waals surface area contributed by atoms with Crippen molar-refractivity contribution in [2.24, 2.45) is 0 Å². The number of fused-ring (bicyclic) bond motifs is 3. The van der Waals surface area contributed by atoms with Crippen LogP contribution in [-0.4, -0.2) is 68.3 Å². The lowest BCUT2D eigenvalue weighted by Gasteiger charge is -2.34. The normalized spacial score (nSPS) is 17.2. The first-order chi connectivity index (χ1) is 22.2. The minimum Gasteiger partial charge on any atom is -0.394 e. The Labute approximate surface area is 266 Å². The van der Waals surface area contributed by atoms with Gasteiger partial charge < -0.3 is 24.5 Å². The lowest BCUT2D eigenvalue weighted by molar-refractivity contribution is 0.0956. The van der Waals surface area contributed by atoms with E-state index in [1.165, 1.54) is 35.0 Å². The lowest BCUT2D eigenvalue weighted by atomic mass is 9.90. The number of aromatic nitrogens is 4. The van der Waals surface area contributed by atoms with E-state index in [4.69, 9.17) is 4.98 Å². The topological polar surface area (TPSA) is 105 Å². The summed E-state index contributed by atoms with van der Waals surface area (Å²) in [5.41, 5.74) is 3.32. The van der Waals surface area contributed by atoms with Crippen molar-refractivity contribution in [1.82, 2.24) is 29.3 Å². The van der Waals surface area contributed by atoms with Crippen LogP contribution in [0, 0.1) is 24.6 Å². The molecule has 1 saturated carbocycles. The quantitative estimate of drug-likeness (QED) is 0.258. The minimum atomic E-state index is -0.835. The number of carbonyl (C=O) groups excluding carboxylic acids is 1. The Morgan fingerprint density at radius 2 is 1.91 bits per heavy atom. The molecule has 10 heteroatoms. The number of aliphatic hydroxyl groups excluding tert-OH is 1. The number of imidazole rings is 1. The highest BCUT2D eigenvalue weighted by Gasteiger charge is 2.26. The number of hydrogen-bond donors (Lipinski definition) is 2. The van der Waals surface area contributed by atoms with Gasteiger partial charge in [-0.15, -0.1) is 0 Å². The molecule has 236 valence electrons. The van der Waals surface area contributed by atoms with Gasteiger partial charge in [0.1, 0.15) is 22.7 Å². The third-order valence-electron chi connectivity index (χ3n) is 8.99. The Morgan fingerprint density at radius 1 is 1.11 bits per heavy atom. The minimum absolute atomic E-state index is 0.0210. The summed E-state index contributed by atoms with van der Waals surface area (Å²) in [5.74, 6) is 6.05. The van der Waals surface area contributed by atoms with Gasteiger partial charge in [0.15, 0.2) is 0 Å². The number of nitrogens with one attached hydrogen (secondary N) is 1. The van der Waals surface area contributed by atoms with Crippen molar-refractivity contribution >= 4 is 27.8 Å². The SMILES string of the molecule is Cc1nc2cnc3ccc(C#CCNC(=O)c4cccn([C@@H](CO)c5cccc(F)c5)c4=O)cc3c2n1C1CCC(N(C)C)CC1. The van der Waals surface area contributed by atoms with E-state index in [9.17, 15) is 19.1 Å². The summed E-state index contributed by atoms with van der Waals surface area (Å²) < 4.78 is 17.4. The highest BCUT2D eigenvalue weighted by atomic mass is 19.1. The van der Waals surface area contributed by atoms with E-state index in [0.29, 0.717) is 17.6 Å². The molecule has 2 aromatic carbocycles. The molecule has 3 heterocycles. The number of pyridine rings is 2. The molecule has 1 atom stereocenters. The number of carbonyl (C=O) groups is 1. The van der Waals surface area contributed by atoms with Gasteiger partial charge in [-0.25, -0.2) is 9.37 Å². The number of hydrogen-bond acceptors (Lipinski definition) is 6. The predicted molar refractivity (Wildman–Crippen MR) is 176 cm³/mol. The van der Waals surface area contributed by atoms with Gasteiger partial charge in [-0.05, 0) is 94.7 Å². The second-order valence-corrected chi connectivity index (χ2v) is 12.1. The number of benzene rings is 2. The number of rotatable bonds is 7. The first-order valence-corrected chi connectivity index (χ1v) is 15.5. The molecule has 0 radical (unpaired) electrons. The fourth-order valence-corrected chi connectivity index (χ4v) is 6.61. The van der Waals surface area contributed by atoms with Crippen molar-refractivity contribution in [3.8, 4) is 11.8 Å². The summed E-state index contributed by atoms with van der Waals surface area (Å²) in [5, 5.41) is 13.7. The maximum atomic E-state index is 13.8. The smallest absolute Gasteiger partial charge is 0.264 e. The van der Waals surface area contributed by atoms with Crippen LogP contribution in [0.3, 0.4) is 0 Å². The monoisotopic (exact) mass is 620 g/mol. The van der Waals surface area contributed by atoms with Gasteiger partial charge in [0.05, 0.1) is 36.4 Å². The molecule has 46 heavy (non-hydrogen) atoms. The van der Waals surface area contributed by atoms with E-state index in [2.05, 4.69) is 52.6 Å². The Balaban J connectivity index is 1.21. The van der Waals surface area contributed by atoms with E-state index in [-0.39, 0.29) is 12.1 Å². The highest BCUT2D eigenvalue weighted by molar-refractivity contribution is 6.03. The van der Waals surface area contributed by atoms with Crippen molar-refractivity contribution < 1.29 is 14.3 Å². The lowest BCUT2D eigenvalue weighted by Crippen LogP contribution is -2.35. The van der Waals surface area contributed by atoms with Gasteiger partial charge in [-0.1, -0.05) is 24.0 Å². The maximum Gasteiger partial charge on any atom is 0.264 e. The number of aliphatic hydroxyl groups is 1. The Hall–Kier alpha value is -4.85. The van der Waals surface area contributed by atoms with Gasteiger partial charge in [-0.3, -0.25) is 14.6 Å². The zero-order valence-corrected chi connectivity index (χ0v) is 26.2. The number of aryl methyl sites for hydroxylation is 1. The van der Waals surface area contributed by atoms with Crippen LogP contribution in [0.15, 0.2) is 71.8 Å². The molecule has 2 N–H and O–H groups in total. The molecule has 1 aliphatic rings. The van der Waals surface area contributed by atoms with E-state index in [0.717, 1.165) is 59.0 Å². The first-order valence-electron chi connectivity index (χ1n) is 15.5. The molecule has 1 fully saturated rings. The fourth-order valence-electron chi connectivity index (χ4n) is 6.61. The summed E-state index contributed by atoms with van der Waals surface area (Å²) in [7, 11) is 4.30. The van der Waals surface area contributed by atoms with Gasteiger partial charge in [-0.2, -0.15) is 0 Å². The highest BCUT2D eigenvalue weighted by Crippen LogP contribution is 2.36. The molecule has 1 aliphatic carbocycles. The van der Waals surface area contributed by atoms with E-state index < -0.39 is 29.9 Å². The summed E-state index contributed by atoms with van der Waals surface area (Å²) in [4.78, 5) is 38.0. The molecule has 0 bridgehead atoms. The Morgan fingerprint density at radius 3 is 2.65 bits per heavy atom. The van der Waals surface area contributed by atoms with E-state index in [1.54, 1.807) is 12.1 Å². The van der Waals surface area contributed by atoms with Gasteiger partial charge in [0, 0.05) is 29.2 Å². The molecule has 0 unspecified atom stereocenters. The first kappa shape index (κ1) is 31.1. The van der Waals surface area contributed by atoms with Crippen LogP contribution in [0.25, 0.3) is 21.9 Å². The average Bonchev–Trinajstić information content (AvgIpc) is 3.40. The van der Waals surface area contributed by atoms with E-state index >= 15 is 0 Å². The third kappa shape index (κ3) is 6.16. The van der Waals surface area contributed by atoms with Crippen molar-refractivity contribution in [2.45, 2.75) is 50.7 Å². The maximum absolute atomic E-state index is 13.8. The largest absolute Gasteiger partial charge is 0.394 e. The third-order valence-corrected chi connectivity index (χ3v) is 8.99. The predicted octanol–water partition coefficient (Wildman–Crippen LogP) is 4.60. The summed E-state index contributed by atoms with van der Waals surface area (Å²) in [6, 6.07) is 14.7. The molecule has 0 saturated heterocycles. The van der Waals surface area contributed by atoms with Crippen molar-refractivity contribution in [1.29, 1.82) is 0 Å². The summed E-state index contributed by atoms with van der Waals surface area (Å²) in [6.07, 6.45) is 7.79. The second-order valence-electron chi connectivity index (χ2n) is 12.1. The van der Waals surface area contributed by atoms with Crippen LogP contribution in [0.5, 0.6) is 0 Å². The van der Waals surface area contributed by atoms with E-state index in [1.807, 2.05) is 24.4 Å². The van der Waals surface area contributed by atoms with Crippen molar-refractivity contribution in [2.75, 3.05) is 27.2 Å². The zero-order chi connectivity index (χ0) is 32.4. The average molecular weight is 621 g/mol. The standard InChI is InChI=1S/C36H37FN6O3/c1-23-40-32-21-39-31-16-11-24(19-30(31)34(32)43(23)28-14-12-27(13-15-28)41(2)3)7-5-17-38-35(45)29-10-6-18-42(36(29)46)33(22-44)25-8-4-9-26(37)20-25/h4,6,8-11,16,18-21,27-28,33,44H,12-15,17,22H2,1-3H3,(H,38,45)/t27?,28?,33-/m0/s1. The van der Waals surface area contributed by atoms with Crippen LogP contribution in [0.1, 0.15) is 65.1 Å². The molecule has 3 aromatic heterocycles. The van der Waals surface area contributed by atoms with Crippen LogP contribution >= 0.6 is 0 Å². The molecule has 1 amide bonds. The molecule has 0 spiro atoms. The van der Waals surface area contributed by atoms with Gasteiger partial charge in [0.25, 0.3) is 11.5 Å².